The maximum Gasteiger partial charge on any atom is 0.224 e. The molecule has 114 valence electrons. The number of thioether (sulfide) groups is 1. The second-order valence-corrected chi connectivity index (χ2v) is 5.85. The van der Waals surface area contributed by atoms with Crippen LogP contribution in [0.15, 0.2) is 59.5 Å². The summed E-state index contributed by atoms with van der Waals surface area (Å²) in [5, 5.41) is -0.147. The van der Waals surface area contributed by atoms with Crippen LogP contribution in [0.5, 0.6) is 0 Å². The van der Waals surface area contributed by atoms with Gasteiger partial charge in [0.1, 0.15) is 11.9 Å². The molecule has 0 saturated carbocycles. The molecule has 2 rings (SSSR count). The third-order valence-electron chi connectivity index (χ3n) is 3.13. The van der Waals surface area contributed by atoms with Gasteiger partial charge in [0.2, 0.25) is 11.0 Å². The molecule has 0 aromatic heterocycles. The summed E-state index contributed by atoms with van der Waals surface area (Å²) < 4.78 is 13.0. The van der Waals surface area contributed by atoms with Gasteiger partial charge in [-0.3, -0.25) is 9.59 Å². The summed E-state index contributed by atoms with van der Waals surface area (Å²) in [4.78, 5) is 26.5. The topological polar surface area (TPSA) is 37.4 Å². The van der Waals surface area contributed by atoms with E-state index in [4.69, 9.17) is 0 Å². The third kappa shape index (κ3) is 3.95. The number of hydrogen-bond acceptors (Lipinski definition) is 3. The van der Waals surface area contributed by atoms with Crippen molar-refractivity contribution >= 4 is 28.5 Å². The number of amides is 1. The van der Waals surface area contributed by atoms with E-state index in [2.05, 4.69) is 0 Å². The zero-order chi connectivity index (χ0) is 16.1. The van der Waals surface area contributed by atoms with Crippen LogP contribution in [0.1, 0.15) is 13.8 Å². The predicted molar refractivity (Wildman–Crippen MR) is 86.3 cm³/mol. The van der Waals surface area contributed by atoms with Crippen LogP contribution in [-0.2, 0) is 9.59 Å². The molecule has 22 heavy (non-hydrogen) atoms. The smallest absolute Gasteiger partial charge is 0.224 e. The fourth-order valence-electron chi connectivity index (χ4n) is 2.08. The van der Waals surface area contributed by atoms with Crippen molar-refractivity contribution < 1.29 is 14.0 Å². The van der Waals surface area contributed by atoms with Gasteiger partial charge in [0.15, 0.2) is 0 Å². The molecule has 1 unspecified atom stereocenters. The number of rotatable bonds is 4. The molecular formula is C17H16FNO2S. The third-order valence-corrected chi connectivity index (χ3v) is 4.18. The average Bonchev–Trinajstić information content (AvgIpc) is 2.50. The second-order valence-electron chi connectivity index (χ2n) is 4.78. The van der Waals surface area contributed by atoms with Crippen molar-refractivity contribution in [2.45, 2.75) is 24.8 Å². The van der Waals surface area contributed by atoms with E-state index >= 15 is 0 Å². The van der Waals surface area contributed by atoms with Gasteiger partial charge < -0.3 is 4.90 Å². The molecule has 1 amide bonds. The Labute approximate surface area is 133 Å². The molecule has 0 aliphatic rings. The normalized spacial score (nSPS) is 11.8. The van der Waals surface area contributed by atoms with Crippen LogP contribution in [0, 0.1) is 5.82 Å². The van der Waals surface area contributed by atoms with Gasteiger partial charge in [-0.15, -0.1) is 0 Å². The summed E-state index contributed by atoms with van der Waals surface area (Å²) in [6, 6.07) is 14.1. The van der Waals surface area contributed by atoms with Crippen LogP contribution in [0.25, 0.3) is 0 Å². The van der Waals surface area contributed by atoms with E-state index < -0.39 is 6.04 Å². The summed E-state index contributed by atoms with van der Waals surface area (Å²) >= 11 is 1.09. The van der Waals surface area contributed by atoms with Crippen molar-refractivity contribution in [1.82, 2.24) is 0 Å². The van der Waals surface area contributed by atoms with E-state index in [0.29, 0.717) is 5.69 Å². The quantitative estimate of drug-likeness (QED) is 0.803. The molecule has 5 heteroatoms. The molecule has 0 spiro atoms. The van der Waals surface area contributed by atoms with E-state index in [9.17, 15) is 14.0 Å². The lowest BCUT2D eigenvalue weighted by Gasteiger charge is -2.27. The number of benzene rings is 2. The first-order valence-electron chi connectivity index (χ1n) is 6.81. The summed E-state index contributed by atoms with van der Waals surface area (Å²) in [6.45, 7) is 3.06. The standard InChI is InChI=1S/C17H16FNO2S/c1-12(17(21)22-16-6-4-3-5-7-16)19(13(2)20)15-10-8-14(18)9-11-15/h3-12H,1-2H3. The van der Waals surface area contributed by atoms with Crippen LogP contribution < -0.4 is 4.90 Å². The zero-order valence-corrected chi connectivity index (χ0v) is 13.1. The number of halogens is 1. The number of carbonyl (C=O) groups excluding carboxylic acids is 2. The Kier molecular flexibility index (Phi) is 5.33. The van der Waals surface area contributed by atoms with Gasteiger partial charge in [-0.2, -0.15) is 0 Å². The predicted octanol–water partition coefficient (Wildman–Crippen LogP) is 3.89. The SMILES string of the molecule is CC(=O)N(c1ccc(F)cc1)C(C)C(=O)Sc1ccccc1. The molecule has 0 bridgehead atoms. The highest BCUT2D eigenvalue weighted by atomic mass is 32.2. The molecule has 2 aromatic rings. The van der Waals surface area contributed by atoms with E-state index in [1.165, 1.54) is 36.1 Å². The molecule has 0 fully saturated rings. The highest BCUT2D eigenvalue weighted by molar-refractivity contribution is 8.13. The minimum atomic E-state index is -0.645. The van der Waals surface area contributed by atoms with Crippen molar-refractivity contribution in [1.29, 1.82) is 0 Å². The molecule has 0 N–H and O–H groups in total. The molecule has 1 atom stereocenters. The van der Waals surface area contributed by atoms with Crippen LogP contribution in [0.2, 0.25) is 0 Å². The Bertz CT molecular complexity index is 658. The first-order valence-corrected chi connectivity index (χ1v) is 7.63. The average molecular weight is 317 g/mol. The van der Waals surface area contributed by atoms with Crippen LogP contribution >= 0.6 is 11.8 Å². The number of nitrogens with zero attached hydrogens (tertiary/aromatic N) is 1. The minimum Gasteiger partial charge on any atom is -0.302 e. The van der Waals surface area contributed by atoms with Crippen LogP contribution in [-0.4, -0.2) is 17.1 Å². The molecule has 0 aliphatic carbocycles. The Morgan fingerprint density at radius 3 is 2.18 bits per heavy atom. The molecule has 0 heterocycles. The van der Waals surface area contributed by atoms with E-state index in [-0.39, 0.29) is 16.8 Å². The highest BCUT2D eigenvalue weighted by Crippen LogP contribution is 2.25. The molecule has 0 aliphatic heterocycles. The van der Waals surface area contributed by atoms with Gasteiger partial charge in [-0.1, -0.05) is 18.2 Å². The first kappa shape index (κ1) is 16.2. The lowest BCUT2D eigenvalue weighted by atomic mass is 10.2. The van der Waals surface area contributed by atoms with E-state index in [0.717, 1.165) is 16.7 Å². The molecule has 3 nitrogen and oxygen atoms in total. The maximum atomic E-state index is 13.0. The van der Waals surface area contributed by atoms with Gasteiger partial charge in [0, 0.05) is 17.5 Å². The minimum absolute atomic E-state index is 0.147. The monoisotopic (exact) mass is 317 g/mol. The fourth-order valence-corrected chi connectivity index (χ4v) is 2.88. The summed E-state index contributed by atoms with van der Waals surface area (Å²) in [5.74, 6) is -0.647. The van der Waals surface area contributed by atoms with E-state index in [1.807, 2.05) is 30.3 Å². The zero-order valence-electron chi connectivity index (χ0n) is 12.3. The van der Waals surface area contributed by atoms with Crippen molar-refractivity contribution in [3.05, 3.63) is 60.4 Å². The van der Waals surface area contributed by atoms with Crippen LogP contribution in [0.4, 0.5) is 10.1 Å². The van der Waals surface area contributed by atoms with Gasteiger partial charge in [-0.25, -0.2) is 4.39 Å². The first-order chi connectivity index (χ1) is 10.5. The van der Waals surface area contributed by atoms with Gasteiger partial charge in [0.05, 0.1) is 0 Å². The van der Waals surface area contributed by atoms with Gasteiger partial charge in [0.25, 0.3) is 0 Å². The number of hydrogen-bond donors (Lipinski definition) is 0. The van der Waals surface area contributed by atoms with Crippen molar-refractivity contribution in [2.75, 3.05) is 4.90 Å². The molecule has 2 aromatic carbocycles. The summed E-state index contributed by atoms with van der Waals surface area (Å²) in [5.41, 5.74) is 0.503. The Morgan fingerprint density at radius 1 is 1.05 bits per heavy atom. The molecule has 0 radical (unpaired) electrons. The fraction of sp³-hybridized carbons (Fsp3) is 0.176. The maximum absolute atomic E-state index is 13.0. The molecular weight excluding hydrogens is 301 g/mol. The van der Waals surface area contributed by atoms with Gasteiger partial charge >= 0.3 is 0 Å². The lowest BCUT2D eigenvalue weighted by molar-refractivity contribution is -0.120. The lowest BCUT2D eigenvalue weighted by Crippen LogP contribution is -2.41. The largest absolute Gasteiger partial charge is 0.302 e. The summed E-state index contributed by atoms with van der Waals surface area (Å²) in [7, 11) is 0. The molecule has 0 saturated heterocycles. The highest BCUT2D eigenvalue weighted by Gasteiger charge is 2.25. The van der Waals surface area contributed by atoms with E-state index in [1.54, 1.807) is 6.92 Å². The number of anilines is 1. The van der Waals surface area contributed by atoms with Crippen LogP contribution in [0.3, 0.4) is 0 Å². The Morgan fingerprint density at radius 2 is 1.64 bits per heavy atom. The van der Waals surface area contributed by atoms with Crippen molar-refractivity contribution in [3.8, 4) is 0 Å². The Balaban J connectivity index is 2.19. The van der Waals surface area contributed by atoms with Crippen molar-refractivity contribution in [3.63, 3.8) is 0 Å². The summed E-state index contributed by atoms with van der Waals surface area (Å²) in [6.07, 6.45) is 0. The van der Waals surface area contributed by atoms with Gasteiger partial charge in [-0.05, 0) is 55.1 Å². The second kappa shape index (κ2) is 7.22. The Hall–Kier alpha value is -2.14. The van der Waals surface area contributed by atoms with Crippen molar-refractivity contribution in [2.24, 2.45) is 0 Å². The number of carbonyl (C=O) groups is 2.